The highest BCUT2D eigenvalue weighted by atomic mass is 16.2. The lowest BCUT2D eigenvalue weighted by molar-refractivity contribution is 0.102. The normalized spacial score (nSPS) is 14.7. The van der Waals surface area contributed by atoms with Crippen LogP contribution < -0.4 is 5.32 Å². The largest absolute Gasteiger partial charge is 0.305 e. The Hall–Kier alpha value is -3.03. The highest BCUT2D eigenvalue weighted by Crippen LogP contribution is 2.41. The van der Waals surface area contributed by atoms with E-state index in [2.05, 4.69) is 67.0 Å². The van der Waals surface area contributed by atoms with Gasteiger partial charge in [-0.25, -0.2) is 9.97 Å². The first-order valence-corrected chi connectivity index (χ1v) is 10.3. The van der Waals surface area contributed by atoms with E-state index in [0.717, 1.165) is 24.2 Å². The molecule has 0 spiro atoms. The summed E-state index contributed by atoms with van der Waals surface area (Å²) in [4.78, 5) is 21.7. The van der Waals surface area contributed by atoms with Crippen molar-refractivity contribution >= 4 is 11.7 Å². The predicted octanol–water partition coefficient (Wildman–Crippen LogP) is 4.04. The fraction of sp³-hybridized carbons (Fsp3) is 0.500. The minimum atomic E-state index is -0.266. The summed E-state index contributed by atoms with van der Waals surface area (Å²) < 4.78 is 3.55. The molecule has 1 aliphatic rings. The lowest BCUT2D eigenvalue weighted by Gasteiger charge is -2.22. The highest BCUT2D eigenvalue weighted by molar-refractivity contribution is 6.02. The van der Waals surface area contributed by atoms with Crippen molar-refractivity contribution in [3.05, 3.63) is 47.7 Å². The Morgan fingerprint density at radius 1 is 1.03 bits per heavy atom. The summed E-state index contributed by atoms with van der Waals surface area (Å²) in [6.07, 6.45) is 5.60. The molecule has 1 fully saturated rings. The molecule has 3 heterocycles. The van der Waals surface area contributed by atoms with E-state index in [0.29, 0.717) is 23.4 Å². The summed E-state index contributed by atoms with van der Waals surface area (Å²) in [5.74, 6) is 1.16. The number of hydrogen-bond acceptors (Lipinski definition) is 5. The quantitative estimate of drug-likeness (QED) is 0.705. The molecule has 3 aromatic rings. The molecule has 0 saturated heterocycles. The van der Waals surface area contributed by atoms with Crippen molar-refractivity contribution in [1.82, 2.24) is 29.5 Å². The molecule has 0 aliphatic heterocycles. The van der Waals surface area contributed by atoms with Crippen LogP contribution in [-0.2, 0) is 11.0 Å². The van der Waals surface area contributed by atoms with E-state index >= 15 is 0 Å². The van der Waals surface area contributed by atoms with Gasteiger partial charge in [0, 0.05) is 35.5 Å². The molecular weight excluding hydrogens is 378 g/mol. The van der Waals surface area contributed by atoms with Crippen LogP contribution in [0, 0.1) is 0 Å². The Labute approximate surface area is 176 Å². The van der Waals surface area contributed by atoms with Gasteiger partial charge in [-0.2, -0.15) is 14.9 Å². The Bertz CT molecular complexity index is 1060. The minimum Gasteiger partial charge on any atom is -0.305 e. The highest BCUT2D eigenvalue weighted by Gasteiger charge is 2.33. The van der Waals surface area contributed by atoms with Gasteiger partial charge >= 0.3 is 0 Å². The zero-order valence-corrected chi connectivity index (χ0v) is 18.5. The molecule has 0 radical (unpaired) electrons. The molecule has 8 nitrogen and oxygen atoms in total. The van der Waals surface area contributed by atoms with Gasteiger partial charge in [0.15, 0.2) is 5.69 Å². The molecule has 4 rings (SSSR count). The number of hydrogen-bond donors (Lipinski definition) is 1. The summed E-state index contributed by atoms with van der Waals surface area (Å²) in [6.45, 7) is 12.5. The molecule has 0 aromatic carbocycles. The second kappa shape index (κ2) is 7.04. The fourth-order valence-corrected chi connectivity index (χ4v) is 3.28. The van der Waals surface area contributed by atoms with Gasteiger partial charge < -0.3 is 5.32 Å². The van der Waals surface area contributed by atoms with Gasteiger partial charge in [-0.1, -0.05) is 20.8 Å². The first-order valence-electron chi connectivity index (χ1n) is 10.3. The van der Waals surface area contributed by atoms with Crippen molar-refractivity contribution in [3.8, 4) is 5.95 Å². The average molecular weight is 408 g/mol. The average Bonchev–Trinajstić information content (AvgIpc) is 3.24. The number of carbonyl (C=O) groups is 1. The smallest absolute Gasteiger partial charge is 0.277 e. The van der Waals surface area contributed by atoms with Gasteiger partial charge in [-0.15, -0.1) is 0 Å². The third kappa shape index (κ3) is 3.99. The fourth-order valence-electron chi connectivity index (χ4n) is 3.28. The zero-order valence-electron chi connectivity index (χ0n) is 18.5. The lowest BCUT2D eigenvalue weighted by atomic mass is 9.92. The molecule has 0 unspecified atom stereocenters. The third-order valence-corrected chi connectivity index (χ3v) is 5.06. The Kier molecular flexibility index (Phi) is 4.75. The first-order chi connectivity index (χ1) is 14.0. The van der Waals surface area contributed by atoms with E-state index in [1.807, 2.05) is 16.8 Å². The van der Waals surface area contributed by atoms with Crippen LogP contribution in [0.2, 0.25) is 0 Å². The Balaban J connectivity index is 1.69. The van der Waals surface area contributed by atoms with E-state index in [4.69, 9.17) is 0 Å². The standard InChI is InChI=1S/C22H29N7O/c1-21(2,3)17-13-18(28(27-17)20-23-10-7-11-24-20)25-19(30)15-12-16(14-8-9-14)29(26-15)22(4,5)6/h7,10-14H,8-9H2,1-6H3,(H,25,30). The van der Waals surface area contributed by atoms with Crippen molar-refractivity contribution in [2.24, 2.45) is 0 Å². The van der Waals surface area contributed by atoms with E-state index in [9.17, 15) is 4.79 Å². The number of rotatable bonds is 4. The molecule has 3 aromatic heterocycles. The van der Waals surface area contributed by atoms with Gasteiger partial charge in [0.2, 0.25) is 0 Å². The molecule has 1 saturated carbocycles. The van der Waals surface area contributed by atoms with Crippen LogP contribution in [0.3, 0.4) is 0 Å². The molecule has 1 N–H and O–H groups in total. The molecule has 0 atom stereocenters. The van der Waals surface area contributed by atoms with Crippen LogP contribution in [0.15, 0.2) is 30.6 Å². The lowest BCUT2D eigenvalue weighted by Crippen LogP contribution is -2.26. The molecule has 0 bridgehead atoms. The van der Waals surface area contributed by atoms with E-state index < -0.39 is 0 Å². The third-order valence-electron chi connectivity index (χ3n) is 5.06. The molecular formula is C22H29N7O. The maximum absolute atomic E-state index is 13.1. The van der Waals surface area contributed by atoms with Gasteiger partial charge in [0.25, 0.3) is 11.9 Å². The maximum atomic E-state index is 13.1. The van der Waals surface area contributed by atoms with Gasteiger partial charge in [-0.3, -0.25) is 9.48 Å². The SMILES string of the molecule is CC(C)(C)c1cc(NC(=O)c2cc(C3CC3)n(C(C)(C)C)n2)n(-c2ncccn2)n1. The summed E-state index contributed by atoms with van der Waals surface area (Å²) in [5.41, 5.74) is 2.00. The van der Waals surface area contributed by atoms with Gasteiger partial charge in [0.05, 0.1) is 11.2 Å². The molecule has 158 valence electrons. The minimum absolute atomic E-state index is 0.185. The second-order valence-corrected chi connectivity index (χ2v) is 9.89. The Morgan fingerprint density at radius 2 is 1.70 bits per heavy atom. The van der Waals surface area contributed by atoms with Crippen LogP contribution in [-0.4, -0.2) is 35.4 Å². The molecule has 8 heteroatoms. The van der Waals surface area contributed by atoms with E-state index in [-0.39, 0.29) is 16.9 Å². The van der Waals surface area contributed by atoms with Crippen molar-refractivity contribution in [3.63, 3.8) is 0 Å². The monoisotopic (exact) mass is 407 g/mol. The predicted molar refractivity (Wildman–Crippen MR) is 115 cm³/mol. The molecule has 1 amide bonds. The molecule has 1 aliphatic carbocycles. The number of nitrogens with one attached hydrogen (secondary N) is 1. The summed E-state index contributed by atoms with van der Waals surface area (Å²) in [5, 5.41) is 12.3. The van der Waals surface area contributed by atoms with Crippen molar-refractivity contribution in [1.29, 1.82) is 0 Å². The maximum Gasteiger partial charge on any atom is 0.277 e. The van der Waals surface area contributed by atoms with Gasteiger partial charge in [0.1, 0.15) is 5.82 Å². The Morgan fingerprint density at radius 3 is 2.27 bits per heavy atom. The van der Waals surface area contributed by atoms with Crippen LogP contribution in [0.1, 0.15) is 82.2 Å². The number of aromatic nitrogens is 6. The summed E-state index contributed by atoms with van der Waals surface area (Å²) in [6, 6.07) is 5.54. The van der Waals surface area contributed by atoms with E-state index in [1.165, 1.54) is 0 Å². The van der Waals surface area contributed by atoms with Crippen LogP contribution in [0.4, 0.5) is 5.82 Å². The first kappa shape index (κ1) is 20.3. The zero-order chi connectivity index (χ0) is 21.7. The summed E-state index contributed by atoms with van der Waals surface area (Å²) >= 11 is 0. The second-order valence-electron chi connectivity index (χ2n) is 9.89. The van der Waals surface area contributed by atoms with Crippen LogP contribution in [0.5, 0.6) is 0 Å². The topological polar surface area (TPSA) is 90.5 Å². The van der Waals surface area contributed by atoms with Crippen molar-refractivity contribution in [2.45, 2.75) is 71.3 Å². The van der Waals surface area contributed by atoms with Crippen LogP contribution >= 0.6 is 0 Å². The number of carbonyl (C=O) groups excluding carboxylic acids is 1. The number of anilines is 1. The van der Waals surface area contributed by atoms with Crippen molar-refractivity contribution < 1.29 is 4.79 Å². The van der Waals surface area contributed by atoms with Crippen molar-refractivity contribution in [2.75, 3.05) is 5.32 Å². The number of nitrogens with zero attached hydrogens (tertiary/aromatic N) is 6. The number of amides is 1. The molecule has 30 heavy (non-hydrogen) atoms. The van der Waals surface area contributed by atoms with Crippen LogP contribution in [0.25, 0.3) is 5.95 Å². The summed E-state index contributed by atoms with van der Waals surface area (Å²) in [7, 11) is 0. The van der Waals surface area contributed by atoms with Gasteiger partial charge in [-0.05, 0) is 45.7 Å². The van der Waals surface area contributed by atoms with E-state index in [1.54, 1.807) is 23.1 Å².